The van der Waals surface area contributed by atoms with Crippen molar-refractivity contribution in [2.75, 3.05) is 34.9 Å². The number of nitrogens with one attached hydrogen (secondary N) is 1. The van der Waals surface area contributed by atoms with E-state index in [-0.39, 0.29) is 11.4 Å². The van der Waals surface area contributed by atoms with Gasteiger partial charge in [0.1, 0.15) is 0 Å². The maximum Gasteiger partial charge on any atom is 0.243 e. The van der Waals surface area contributed by atoms with Gasteiger partial charge in [0.15, 0.2) is 11.5 Å². The predicted octanol–water partition coefficient (Wildman–Crippen LogP) is 2.83. The van der Waals surface area contributed by atoms with Crippen LogP contribution in [0.2, 0.25) is 0 Å². The van der Waals surface area contributed by atoms with Gasteiger partial charge in [-0.15, -0.1) is 0 Å². The van der Waals surface area contributed by atoms with Crippen molar-refractivity contribution in [2.24, 2.45) is 0 Å². The highest BCUT2D eigenvalue weighted by atomic mass is 32.2. The molecule has 1 atom stereocenters. The minimum absolute atomic E-state index is 0.156. The third-order valence-corrected chi connectivity index (χ3v) is 6.92. The highest BCUT2D eigenvalue weighted by molar-refractivity contribution is 7.89. The monoisotopic (exact) mass is 450 g/mol. The topological polar surface area (TPSA) is 94.2 Å². The summed E-state index contributed by atoms with van der Waals surface area (Å²) < 4.78 is 42.7. The molecule has 0 heterocycles. The molecule has 0 radical (unpaired) electrons. The minimum atomic E-state index is -3.79. The average Bonchev–Trinajstić information content (AvgIpc) is 2.73. The van der Waals surface area contributed by atoms with Crippen LogP contribution in [0.1, 0.15) is 29.7 Å². The number of benzene rings is 2. The molecule has 1 N–H and O–H groups in total. The maximum absolute atomic E-state index is 12.8. The first-order valence-electron chi connectivity index (χ1n) is 9.68. The number of sulfonamides is 1. The van der Waals surface area contributed by atoms with Crippen molar-refractivity contribution in [1.29, 1.82) is 0 Å². The zero-order valence-corrected chi connectivity index (χ0v) is 19.8. The van der Waals surface area contributed by atoms with E-state index in [1.807, 2.05) is 13.8 Å². The Labute approximate surface area is 184 Å². The first-order chi connectivity index (χ1) is 14.5. The Hall–Kier alpha value is -2.78. The number of ether oxygens (including phenoxy) is 3. The number of nitrogens with zero attached hydrogens (tertiary/aromatic N) is 1. The Morgan fingerprint density at radius 2 is 1.58 bits per heavy atom. The zero-order chi connectivity index (χ0) is 23.3. The van der Waals surface area contributed by atoms with Crippen LogP contribution in [0.5, 0.6) is 17.2 Å². The van der Waals surface area contributed by atoms with E-state index in [1.165, 1.54) is 28.4 Å². The molecule has 0 aliphatic carbocycles. The van der Waals surface area contributed by atoms with Gasteiger partial charge >= 0.3 is 0 Å². The van der Waals surface area contributed by atoms with Crippen molar-refractivity contribution in [3.63, 3.8) is 0 Å². The summed E-state index contributed by atoms with van der Waals surface area (Å²) in [4.78, 5) is 12.7. The summed E-state index contributed by atoms with van der Waals surface area (Å²) in [6.45, 7) is 5.23. The predicted molar refractivity (Wildman–Crippen MR) is 118 cm³/mol. The highest BCUT2D eigenvalue weighted by Crippen LogP contribution is 2.39. The van der Waals surface area contributed by atoms with E-state index in [0.717, 1.165) is 21.0 Å². The normalized spacial score (nSPS) is 12.4. The van der Waals surface area contributed by atoms with Gasteiger partial charge in [-0.25, -0.2) is 8.42 Å². The molecule has 0 spiro atoms. The number of hydrogen-bond acceptors (Lipinski definition) is 6. The molecule has 0 fully saturated rings. The second-order valence-corrected chi connectivity index (χ2v) is 9.30. The third-order valence-electron chi connectivity index (χ3n) is 5.12. The van der Waals surface area contributed by atoms with Crippen LogP contribution in [0, 0.1) is 13.8 Å². The summed E-state index contributed by atoms with van der Waals surface area (Å²) in [6.07, 6.45) is 0. The van der Waals surface area contributed by atoms with Gasteiger partial charge in [0.25, 0.3) is 0 Å². The number of carbonyl (C=O) groups is 1. The average molecular weight is 451 g/mol. The van der Waals surface area contributed by atoms with E-state index in [0.29, 0.717) is 17.2 Å². The van der Waals surface area contributed by atoms with Crippen LogP contribution in [0.15, 0.2) is 35.2 Å². The number of methoxy groups -OCH3 is 3. The fourth-order valence-corrected chi connectivity index (χ4v) is 4.28. The standard InChI is InChI=1S/C22H30N2O6S/c1-14-8-9-18(10-15(14)2)31(26,27)24(4)13-21(25)23-16(3)17-11-19(28-5)22(30-7)20(12-17)29-6/h8-12,16H,13H2,1-7H3,(H,23,25). The summed E-state index contributed by atoms with van der Waals surface area (Å²) in [7, 11) is 2.13. The fraction of sp³-hybridized carbons (Fsp3) is 0.409. The third kappa shape index (κ3) is 5.48. The van der Waals surface area contributed by atoms with Crippen molar-refractivity contribution in [3.05, 3.63) is 47.0 Å². The van der Waals surface area contributed by atoms with Crippen molar-refractivity contribution in [2.45, 2.75) is 31.7 Å². The molecule has 2 aromatic carbocycles. The summed E-state index contributed by atoms with van der Waals surface area (Å²) >= 11 is 0. The highest BCUT2D eigenvalue weighted by Gasteiger charge is 2.24. The second kappa shape index (κ2) is 10.0. The van der Waals surface area contributed by atoms with Gasteiger partial charge < -0.3 is 19.5 Å². The van der Waals surface area contributed by atoms with Crippen LogP contribution in [0.25, 0.3) is 0 Å². The lowest BCUT2D eigenvalue weighted by atomic mass is 10.1. The molecule has 0 aromatic heterocycles. The minimum Gasteiger partial charge on any atom is -0.493 e. The molecule has 0 saturated carbocycles. The van der Waals surface area contributed by atoms with Crippen LogP contribution >= 0.6 is 0 Å². The SMILES string of the molecule is COc1cc(C(C)NC(=O)CN(C)S(=O)(=O)c2ccc(C)c(C)c2)cc(OC)c1OC. The summed E-state index contributed by atoms with van der Waals surface area (Å²) in [6, 6.07) is 7.97. The van der Waals surface area contributed by atoms with Gasteiger partial charge in [0, 0.05) is 7.05 Å². The smallest absolute Gasteiger partial charge is 0.243 e. The molecular formula is C22H30N2O6S. The van der Waals surface area contributed by atoms with Gasteiger partial charge in [-0.1, -0.05) is 6.07 Å². The molecule has 2 aromatic rings. The molecule has 170 valence electrons. The van der Waals surface area contributed by atoms with Crippen molar-refractivity contribution < 1.29 is 27.4 Å². The quantitative estimate of drug-likeness (QED) is 0.631. The lowest BCUT2D eigenvalue weighted by Crippen LogP contribution is -2.39. The van der Waals surface area contributed by atoms with Crippen LogP contribution in [0.3, 0.4) is 0 Å². The zero-order valence-electron chi connectivity index (χ0n) is 19.0. The molecule has 0 aliphatic rings. The molecule has 0 saturated heterocycles. The Kier molecular flexibility index (Phi) is 7.91. The lowest BCUT2D eigenvalue weighted by Gasteiger charge is -2.21. The van der Waals surface area contributed by atoms with Gasteiger partial charge in [0.05, 0.1) is 38.8 Å². The van der Waals surface area contributed by atoms with Crippen LogP contribution in [-0.4, -0.2) is 53.6 Å². The Morgan fingerprint density at radius 1 is 1.00 bits per heavy atom. The molecule has 0 bridgehead atoms. The summed E-state index contributed by atoms with van der Waals surface area (Å²) in [5.74, 6) is 0.947. The van der Waals surface area contributed by atoms with Crippen LogP contribution in [0.4, 0.5) is 0 Å². The molecule has 2 rings (SSSR count). The number of amides is 1. The van der Waals surface area contributed by atoms with Crippen LogP contribution in [-0.2, 0) is 14.8 Å². The van der Waals surface area contributed by atoms with E-state index in [9.17, 15) is 13.2 Å². The van der Waals surface area contributed by atoms with E-state index < -0.39 is 22.0 Å². The van der Waals surface area contributed by atoms with Crippen molar-refractivity contribution in [3.8, 4) is 17.2 Å². The largest absolute Gasteiger partial charge is 0.493 e. The van der Waals surface area contributed by atoms with Gasteiger partial charge in [-0.3, -0.25) is 4.79 Å². The number of carbonyl (C=O) groups excluding carboxylic acids is 1. The summed E-state index contributed by atoms with van der Waals surface area (Å²) in [5, 5.41) is 2.81. The maximum atomic E-state index is 12.8. The van der Waals surface area contributed by atoms with Gasteiger partial charge in [0.2, 0.25) is 21.7 Å². The molecule has 8 nitrogen and oxygen atoms in total. The second-order valence-electron chi connectivity index (χ2n) is 7.26. The molecule has 1 unspecified atom stereocenters. The Morgan fingerprint density at radius 3 is 2.06 bits per heavy atom. The molecule has 31 heavy (non-hydrogen) atoms. The van der Waals surface area contributed by atoms with Crippen molar-refractivity contribution >= 4 is 15.9 Å². The van der Waals surface area contributed by atoms with Crippen molar-refractivity contribution in [1.82, 2.24) is 9.62 Å². The number of rotatable bonds is 9. The molecule has 9 heteroatoms. The van der Waals surface area contributed by atoms with Gasteiger partial charge in [-0.05, 0) is 61.7 Å². The van der Waals surface area contributed by atoms with E-state index >= 15 is 0 Å². The Balaban J connectivity index is 2.15. The number of aryl methyl sites for hydroxylation is 2. The van der Waals surface area contributed by atoms with E-state index in [1.54, 1.807) is 37.3 Å². The summed E-state index contributed by atoms with van der Waals surface area (Å²) in [5.41, 5.74) is 2.59. The number of hydrogen-bond donors (Lipinski definition) is 1. The first-order valence-corrected chi connectivity index (χ1v) is 11.1. The van der Waals surface area contributed by atoms with Gasteiger partial charge in [-0.2, -0.15) is 4.31 Å². The van der Waals surface area contributed by atoms with Crippen LogP contribution < -0.4 is 19.5 Å². The Bertz CT molecular complexity index is 1030. The van der Waals surface area contributed by atoms with E-state index in [2.05, 4.69) is 5.32 Å². The van der Waals surface area contributed by atoms with E-state index in [4.69, 9.17) is 14.2 Å². The molecule has 0 aliphatic heterocycles. The molecule has 1 amide bonds. The molecular weight excluding hydrogens is 420 g/mol. The first kappa shape index (κ1) is 24.5. The lowest BCUT2D eigenvalue weighted by molar-refractivity contribution is -0.121. The fourth-order valence-electron chi connectivity index (χ4n) is 3.06. The number of likely N-dealkylation sites (N-methyl/N-ethyl adjacent to an activating group) is 1.